The third-order valence-corrected chi connectivity index (χ3v) is 3.59. The smallest absolute Gasteiger partial charge is 0.304 e. The summed E-state index contributed by atoms with van der Waals surface area (Å²) in [6.45, 7) is 0.932. The Morgan fingerprint density at radius 3 is 2.89 bits per heavy atom. The summed E-state index contributed by atoms with van der Waals surface area (Å²) in [7, 11) is 0. The standard InChI is InChI=1S/C14H17NO4/c16-14(17)6-11(10-2-3-10)15-7-9-1-4-12-13(5-9)19-8-18-12/h1,4-5,10-11,15H,2-3,6-8H2,(H,16,17). The van der Waals surface area contributed by atoms with Crippen molar-refractivity contribution in [1.29, 1.82) is 0 Å². The second-order valence-electron chi connectivity index (χ2n) is 5.11. The van der Waals surface area contributed by atoms with E-state index in [4.69, 9.17) is 14.6 Å². The summed E-state index contributed by atoms with van der Waals surface area (Å²) in [6, 6.07) is 5.89. The fourth-order valence-corrected chi connectivity index (χ4v) is 2.39. The van der Waals surface area contributed by atoms with Gasteiger partial charge in [0, 0.05) is 12.6 Å². The monoisotopic (exact) mass is 263 g/mol. The van der Waals surface area contributed by atoms with Crippen LogP contribution in [0.3, 0.4) is 0 Å². The van der Waals surface area contributed by atoms with Crippen molar-refractivity contribution < 1.29 is 19.4 Å². The average molecular weight is 263 g/mol. The number of hydrogen-bond acceptors (Lipinski definition) is 4. The maximum absolute atomic E-state index is 10.8. The van der Waals surface area contributed by atoms with Crippen LogP contribution in [0.25, 0.3) is 0 Å². The zero-order chi connectivity index (χ0) is 13.2. The van der Waals surface area contributed by atoms with Gasteiger partial charge in [0.25, 0.3) is 0 Å². The van der Waals surface area contributed by atoms with Crippen LogP contribution >= 0.6 is 0 Å². The van der Waals surface area contributed by atoms with Crippen molar-refractivity contribution in [2.75, 3.05) is 6.79 Å². The molecular weight excluding hydrogens is 246 g/mol. The molecule has 3 rings (SSSR count). The van der Waals surface area contributed by atoms with Crippen LogP contribution < -0.4 is 14.8 Å². The van der Waals surface area contributed by atoms with E-state index < -0.39 is 5.97 Å². The molecule has 2 aliphatic rings. The molecule has 1 aliphatic carbocycles. The number of benzene rings is 1. The van der Waals surface area contributed by atoms with E-state index in [1.54, 1.807) is 0 Å². The van der Waals surface area contributed by atoms with Crippen LogP contribution in [0.5, 0.6) is 11.5 Å². The largest absolute Gasteiger partial charge is 0.481 e. The molecule has 19 heavy (non-hydrogen) atoms. The molecule has 1 heterocycles. The third-order valence-electron chi connectivity index (χ3n) is 3.59. The summed E-state index contributed by atoms with van der Waals surface area (Å²) in [6.07, 6.45) is 2.45. The quantitative estimate of drug-likeness (QED) is 0.818. The molecule has 0 saturated heterocycles. The molecule has 0 bridgehead atoms. The number of ether oxygens (including phenoxy) is 2. The van der Waals surface area contributed by atoms with E-state index in [0.29, 0.717) is 12.5 Å². The van der Waals surface area contributed by atoms with Crippen LogP contribution in [0, 0.1) is 5.92 Å². The zero-order valence-corrected chi connectivity index (χ0v) is 10.6. The average Bonchev–Trinajstić information content (AvgIpc) is 3.12. The Balaban J connectivity index is 1.59. The normalized spacial score (nSPS) is 18.3. The van der Waals surface area contributed by atoms with Gasteiger partial charge in [-0.3, -0.25) is 4.79 Å². The van der Waals surface area contributed by atoms with E-state index in [1.807, 2.05) is 18.2 Å². The van der Waals surface area contributed by atoms with Crippen molar-refractivity contribution in [1.82, 2.24) is 5.32 Å². The molecule has 1 unspecified atom stereocenters. The summed E-state index contributed by atoms with van der Waals surface area (Å²) in [4.78, 5) is 10.8. The molecule has 0 radical (unpaired) electrons. The first-order valence-electron chi connectivity index (χ1n) is 6.56. The Kier molecular flexibility index (Phi) is 3.29. The fourth-order valence-electron chi connectivity index (χ4n) is 2.39. The number of fused-ring (bicyclic) bond motifs is 1. The summed E-state index contributed by atoms with van der Waals surface area (Å²) >= 11 is 0. The summed E-state index contributed by atoms with van der Waals surface area (Å²) in [5.74, 6) is 1.31. The van der Waals surface area contributed by atoms with Crippen LogP contribution in [0.15, 0.2) is 18.2 Å². The highest BCUT2D eigenvalue weighted by Gasteiger charge is 2.32. The number of hydrogen-bond donors (Lipinski definition) is 2. The lowest BCUT2D eigenvalue weighted by atomic mass is 10.1. The van der Waals surface area contributed by atoms with Gasteiger partial charge in [0.15, 0.2) is 11.5 Å². The van der Waals surface area contributed by atoms with E-state index in [1.165, 1.54) is 0 Å². The minimum absolute atomic E-state index is 0.0722. The molecule has 2 N–H and O–H groups in total. The Labute approximate surface area is 111 Å². The molecule has 5 heteroatoms. The zero-order valence-electron chi connectivity index (χ0n) is 10.6. The van der Waals surface area contributed by atoms with Crippen molar-refractivity contribution in [3.63, 3.8) is 0 Å². The maximum Gasteiger partial charge on any atom is 0.304 e. The summed E-state index contributed by atoms with van der Waals surface area (Å²) in [5.41, 5.74) is 1.08. The lowest BCUT2D eigenvalue weighted by Crippen LogP contribution is -2.32. The molecule has 1 aromatic rings. The maximum atomic E-state index is 10.8. The highest BCUT2D eigenvalue weighted by molar-refractivity contribution is 5.67. The second-order valence-corrected chi connectivity index (χ2v) is 5.11. The number of carboxylic acid groups (broad SMARTS) is 1. The Hall–Kier alpha value is -1.75. The molecule has 1 fully saturated rings. The number of nitrogens with one attached hydrogen (secondary N) is 1. The molecule has 1 aliphatic heterocycles. The van der Waals surface area contributed by atoms with Gasteiger partial charge in [-0.05, 0) is 36.5 Å². The van der Waals surface area contributed by atoms with Crippen LogP contribution in [-0.4, -0.2) is 23.9 Å². The van der Waals surface area contributed by atoms with Gasteiger partial charge in [0.1, 0.15) is 0 Å². The number of aliphatic carboxylic acids is 1. The van der Waals surface area contributed by atoms with Crippen molar-refractivity contribution in [2.24, 2.45) is 5.92 Å². The SMILES string of the molecule is O=C(O)CC(NCc1ccc2c(c1)OCO2)C1CC1. The molecule has 0 amide bonds. The van der Waals surface area contributed by atoms with Crippen LogP contribution in [0.1, 0.15) is 24.8 Å². The lowest BCUT2D eigenvalue weighted by molar-refractivity contribution is -0.137. The molecule has 1 atom stereocenters. The van der Waals surface area contributed by atoms with E-state index in [0.717, 1.165) is 29.9 Å². The van der Waals surface area contributed by atoms with Gasteiger partial charge in [0.05, 0.1) is 6.42 Å². The predicted molar refractivity (Wildman–Crippen MR) is 68.2 cm³/mol. The van der Waals surface area contributed by atoms with E-state index in [-0.39, 0.29) is 19.3 Å². The van der Waals surface area contributed by atoms with E-state index in [9.17, 15) is 4.79 Å². The Bertz CT molecular complexity index is 484. The number of carbonyl (C=O) groups is 1. The van der Waals surface area contributed by atoms with Crippen molar-refractivity contribution >= 4 is 5.97 Å². The minimum atomic E-state index is -0.741. The Morgan fingerprint density at radius 2 is 2.16 bits per heavy atom. The lowest BCUT2D eigenvalue weighted by Gasteiger charge is -2.16. The third kappa shape index (κ3) is 2.98. The molecule has 102 valence electrons. The summed E-state index contributed by atoms with van der Waals surface area (Å²) in [5, 5.41) is 12.3. The van der Waals surface area contributed by atoms with Gasteiger partial charge in [-0.1, -0.05) is 6.07 Å². The Morgan fingerprint density at radius 1 is 1.37 bits per heavy atom. The molecule has 1 aromatic carbocycles. The van der Waals surface area contributed by atoms with Crippen molar-refractivity contribution in [3.8, 4) is 11.5 Å². The number of carboxylic acids is 1. The first-order chi connectivity index (χ1) is 9.22. The number of rotatable bonds is 6. The molecular formula is C14H17NO4. The first-order valence-corrected chi connectivity index (χ1v) is 6.56. The fraction of sp³-hybridized carbons (Fsp3) is 0.500. The molecule has 1 saturated carbocycles. The molecule has 0 spiro atoms. The van der Waals surface area contributed by atoms with Crippen LogP contribution in [0.4, 0.5) is 0 Å². The minimum Gasteiger partial charge on any atom is -0.481 e. The van der Waals surface area contributed by atoms with Crippen molar-refractivity contribution in [2.45, 2.75) is 31.8 Å². The molecule has 0 aromatic heterocycles. The molecule has 5 nitrogen and oxygen atoms in total. The predicted octanol–water partition coefficient (Wildman–Crippen LogP) is 1.76. The highest BCUT2D eigenvalue weighted by atomic mass is 16.7. The van der Waals surface area contributed by atoms with E-state index >= 15 is 0 Å². The van der Waals surface area contributed by atoms with Gasteiger partial charge in [-0.15, -0.1) is 0 Å². The highest BCUT2D eigenvalue weighted by Crippen LogP contribution is 2.35. The second kappa shape index (κ2) is 5.09. The first kappa shape index (κ1) is 12.3. The van der Waals surface area contributed by atoms with Gasteiger partial charge in [-0.25, -0.2) is 0 Å². The van der Waals surface area contributed by atoms with Gasteiger partial charge < -0.3 is 19.9 Å². The van der Waals surface area contributed by atoms with Crippen LogP contribution in [-0.2, 0) is 11.3 Å². The summed E-state index contributed by atoms with van der Waals surface area (Å²) < 4.78 is 10.6. The topological polar surface area (TPSA) is 67.8 Å². The van der Waals surface area contributed by atoms with Crippen molar-refractivity contribution in [3.05, 3.63) is 23.8 Å². The van der Waals surface area contributed by atoms with Gasteiger partial charge in [0.2, 0.25) is 6.79 Å². The van der Waals surface area contributed by atoms with E-state index in [2.05, 4.69) is 5.32 Å². The van der Waals surface area contributed by atoms with Gasteiger partial charge in [-0.2, -0.15) is 0 Å². The van der Waals surface area contributed by atoms with Crippen LogP contribution in [0.2, 0.25) is 0 Å². The van der Waals surface area contributed by atoms with Gasteiger partial charge >= 0.3 is 5.97 Å².